The SMILES string of the molecule is NC(=O)N[C@@H]1Cc2ccc(Cl)c(Oc3cc(F)ccc3Cl)c2N(CCF)C1=O. The van der Waals surface area contributed by atoms with Crippen LogP contribution in [0, 0.1) is 5.82 Å². The number of nitrogens with one attached hydrogen (secondary N) is 1. The first kappa shape index (κ1) is 20.2. The molecule has 1 atom stereocenters. The number of benzene rings is 2. The van der Waals surface area contributed by atoms with E-state index in [4.69, 9.17) is 33.7 Å². The molecule has 3 rings (SSSR count). The fraction of sp³-hybridized carbons (Fsp3) is 0.222. The van der Waals surface area contributed by atoms with Gasteiger partial charge in [0.25, 0.3) is 0 Å². The zero-order valence-corrected chi connectivity index (χ0v) is 15.9. The van der Waals surface area contributed by atoms with Crippen molar-refractivity contribution in [1.82, 2.24) is 5.32 Å². The Morgan fingerprint density at radius 2 is 2.00 bits per heavy atom. The number of urea groups is 1. The molecular weight excluding hydrogens is 415 g/mol. The highest BCUT2D eigenvalue weighted by molar-refractivity contribution is 6.33. The van der Waals surface area contributed by atoms with Crippen LogP contribution in [0.2, 0.25) is 10.0 Å². The molecular formula is C18H15Cl2F2N3O3. The largest absolute Gasteiger partial charge is 0.452 e. The van der Waals surface area contributed by atoms with E-state index in [0.717, 1.165) is 17.0 Å². The van der Waals surface area contributed by atoms with Gasteiger partial charge in [-0.15, -0.1) is 0 Å². The summed E-state index contributed by atoms with van der Waals surface area (Å²) in [4.78, 5) is 25.1. The molecule has 0 spiro atoms. The van der Waals surface area contributed by atoms with E-state index in [9.17, 15) is 18.4 Å². The van der Waals surface area contributed by atoms with Crippen molar-refractivity contribution < 1.29 is 23.1 Å². The molecule has 10 heteroatoms. The fourth-order valence-electron chi connectivity index (χ4n) is 3.01. The van der Waals surface area contributed by atoms with Gasteiger partial charge < -0.3 is 20.7 Å². The number of halogens is 4. The Kier molecular flexibility index (Phi) is 5.90. The van der Waals surface area contributed by atoms with Gasteiger partial charge in [0.1, 0.15) is 24.3 Å². The van der Waals surface area contributed by atoms with Gasteiger partial charge in [-0.3, -0.25) is 4.79 Å². The van der Waals surface area contributed by atoms with Crippen LogP contribution < -0.4 is 20.7 Å². The molecule has 3 amide bonds. The molecule has 0 saturated carbocycles. The Hall–Kier alpha value is -2.58. The van der Waals surface area contributed by atoms with Crippen LogP contribution in [0.4, 0.5) is 19.3 Å². The number of fused-ring (bicyclic) bond motifs is 1. The fourth-order valence-corrected chi connectivity index (χ4v) is 3.35. The molecule has 2 aromatic rings. The van der Waals surface area contributed by atoms with E-state index in [1.807, 2.05) is 0 Å². The summed E-state index contributed by atoms with van der Waals surface area (Å²) in [5.41, 5.74) is 5.92. The second-order valence-corrected chi connectivity index (χ2v) is 6.82. The Morgan fingerprint density at radius 1 is 1.29 bits per heavy atom. The van der Waals surface area contributed by atoms with Crippen molar-refractivity contribution in [1.29, 1.82) is 0 Å². The lowest BCUT2D eigenvalue weighted by Crippen LogP contribution is -2.54. The summed E-state index contributed by atoms with van der Waals surface area (Å²) < 4.78 is 32.5. The molecule has 0 aromatic heterocycles. The summed E-state index contributed by atoms with van der Waals surface area (Å²) in [5, 5.41) is 2.59. The van der Waals surface area contributed by atoms with E-state index >= 15 is 0 Å². The van der Waals surface area contributed by atoms with Crippen LogP contribution >= 0.6 is 23.2 Å². The van der Waals surface area contributed by atoms with Crippen molar-refractivity contribution in [2.24, 2.45) is 5.73 Å². The lowest BCUT2D eigenvalue weighted by Gasteiger charge is -2.35. The first-order chi connectivity index (χ1) is 13.3. The van der Waals surface area contributed by atoms with Crippen molar-refractivity contribution in [2.75, 3.05) is 18.1 Å². The molecule has 1 heterocycles. The van der Waals surface area contributed by atoms with Gasteiger partial charge in [0, 0.05) is 12.5 Å². The number of hydrogen-bond donors (Lipinski definition) is 2. The third-order valence-electron chi connectivity index (χ3n) is 4.15. The number of hydrogen-bond acceptors (Lipinski definition) is 3. The quantitative estimate of drug-likeness (QED) is 0.757. The molecule has 1 aliphatic rings. The van der Waals surface area contributed by atoms with Gasteiger partial charge >= 0.3 is 6.03 Å². The maximum absolute atomic E-state index is 13.6. The molecule has 1 aliphatic heterocycles. The first-order valence-corrected chi connectivity index (χ1v) is 8.95. The third kappa shape index (κ3) is 3.98. The summed E-state index contributed by atoms with van der Waals surface area (Å²) in [6.07, 6.45) is 0.101. The molecule has 0 radical (unpaired) electrons. The van der Waals surface area contributed by atoms with Crippen LogP contribution in [0.25, 0.3) is 0 Å². The molecule has 3 N–H and O–H groups in total. The number of alkyl halides is 1. The zero-order valence-electron chi connectivity index (χ0n) is 14.3. The number of amides is 3. The minimum Gasteiger partial charge on any atom is -0.452 e. The van der Waals surface area contributed by atoms with E-state index < -0.39 is 30.5 Å². The number of carbonyl (C=O) groups is 2. The van der Waals surface area contributed by atoms with Gasteiger partial charge in [-0.2, -0.15) is 0 Å². The highest BCUT2D eigenvalue weighted by Crippen LogP contribution is 2.45. The Morgan fingerprint density at radius 3 is 2.68 bits per heavy atom. The topological polar surface area (TPSA) is 84.7 Å². The van der Waals surface area contributed by atoms with Crippen molar-refractivity contribution in [3.8, 4) is 11.5 Å². The number of ether oxygens (including phenoxy) is 1. The number of carbonyl (C=O) groups excluding carboxylic acids is 2. The number of nitrogens with zero attached hydrogens (tertiary/aromatic N) is 1. The van der Waals surface area contributed by atoms with Gasteiger partial charge in [-0.1, -0.05) is 29.3 Å². The molecule has 6 nitrogen and oxygen atoms in total. The molecule has 2 aromatic carbocycles. The number of anilines is 1. The Labute approximate surface area is 169 Å². The molecule has 0 aliphatic carbocycles. The van der Waals surface area contributed by atoms with Gasteiger partial charge in [0.05, 0.1) is 22.3 Å². The van der Waals surface area contributed by atoms with Crippen LogP contribution in [0.5, 0.6) is 11.5 Å². The summed E-state index contributed by atoms with van der Waals surface area (Å²) in [7, 11) is 0. The number of rotatable bonds is 5. The van der Waals surface area contributed by atoms with Crippen molar-refractivity contribution >= 4 is 40.8 Å². The van der Waals surface area contributed by atoms with E-state index in [-0.39, 0.29) is 40.2 Å². The van der Waals surface area contributed by atoms with Crippen LogP contribution in [-0.2, 0) is 11.2 Å². The normalized spacial score (nSPS) is 15.9. The molecule has 148 valence electrons. The van der Waals surface area contributed by atoms with Crippen LogP contribution in [0.15, 0.2) is 30.3 Å². The second-order valence-electron chi connectivity index (χ2n) is 6.01. The van der Waals surface area contributed by atoms with Crippen molar-refractivity contribution in [3.05, 3.63) is 51.8 Å². The first-order valence-electron chi connectivity index (χ1n) is 8.19. The predicted octanol–water partition coefficient (Wildman–Crippen LogP) is 3.82. The average Bonchev–Trinajstić information content (AvgIpc) is 2.63. The molecule has 0 unspecified atom stereocenters. The van der Waals surface area contributed by atoms with Gasteiger partial charge in [-0.05, 0) is 23.8 Å². The predicted molar refractivity (Wildman–Crippen MR) is 101 cm³/mol. The van der Waals surface area contributed by atoms with Crippen molar-refractivity contribution in [3.63, 3.8) is 0 Å². The molecule has 28 heavy (non-hydrogen) atoms. The summed E-state index contributed by atoms with van der Waals surface area (Å²) >= 11 is 12.3. The van der Waals surface area contributed by atoms with Gasteiger partial charge in [0.2, 0.25) is 5.91 Å². The monoisotopic (exact) mass is 429 g/mol. The summed E-state index contributed by atoms with van der Waals surface area (Å²) in [6.45, 7) is -1.14. The molecule has 0 fully saturated rings. The van der Waals surface area contributed by atoms with Crippen LogP contribution in [0.3, 0.4) is 0 Å². The zero-order chi connectivity index (χ0) is 20.4. The van der Waals surface area contributed by atoms with E-state index in [1.165, 1.54) is 12.1 Å². The second kappa shape index (κ2) is 8.20. The van der Waals surface area contributed by atoms with E-state index in [0.29, 0.717) is 5.56 Å². The van der Waals surface area contributed by atoms with Crippen LogP contribution in [-0.4, -0.2) is 31.2 Å². The lowest BCUT2D eigenvalue weighted by atomic mass is 9.96. The number of nitrogens with two attached hydrogens (primary N) is 1. The smallest absolute Gasteiger partial charge is 0.312 e. The highest BCUT2D eigenvalue weighted by Gasteiger charge is 2.36. The highest BCUT2D eigenvalue weighted by atomic mass is 35.5. The Balaban J connectivity index is 2.10. The Bertz CT molecular complexity index is 943. The number of primary amides is 1. The molecule has 0 bridgehead atoms. The van der Waals surface area contributed by atoms with E-state index in [2.05, 4.69) is 5.32 Å². The van der Waals surface area contributed by atoms with E-state index in [1.54, 1.807) is 6.07 Å². The van der Waals surface area contributed by atoms with Crippen molar-refractivity contribution in [2.45, 2.75) is 12.5 Å². The standard InChI is InChI=1S/C18H15Cl2F2N3O3/c19-11-4-2-10(22)8-14(11)28-16-12(20)3-1-9-7-13(24-18(23)27)17(26)25(6-5-21)15(9)16/h1-4,8,13H,5-7H2,(H3,23,24,27)/t13-/m1/s1. The average molecular weight is 430 g/mol. The maximum Gasteiger partial charge on any atom is 0.312 e. The molecule has 0 saturated heterocycles. The lowest BCUT2D eigenvalue weighted by molar-refractivity contribution is -0.120. The minimum absolute atomic E-state index is 0.0120. The van der Waals surface area contributed by atoms with Crippen LogP contribution in [0.1, 0.15) is 5.56 Å². The third-order valence-corrected chi connectivity index (χ3v) is 4.76. The minimum atomic E-state index is -0.955. The van der Waals surface area contributed by atoms with Gasteiger partial charge in [0.15, 0.2) is 5.75 Å². The van der Waals surface area contributed by atoms with Gasteiger partial charge in [-0.25, -0.2) is 13.6 Å². The summed E-state index contributed by atoms with van der Waals surface area (Å²) in [5.74, 6) is -1.13. The maximum atomic E-state index is 13.6. The summed E-state index contributed by atoms with van der Waals surface area (Å²) in [6, 6.07) is 4.86.